The van der Waals surface area contributed by atoms with Gasteiger partial charge in [0.15, 0.2) is 0 Å². The highest BCUT2D eigenvalue weighted by Crippen LogP contribution is 2.37. The summed E-state index contributed by atoms with van der Waals surface area (Å²) in [6.07, 6.45) is 2.54. The SMILES string of the molecule is CCOc1ccc([C@@H]2C[C@@H](c3ccc(C)cc3)n3ncnc3N2)cc1. The van der Waals surface area contributed by atoms with Crippen LogP contribution in [0, 0.1) is 6.92 Å². The normalized spacial score (nSPS) is 19.1. The Labute approximate surface area is 147 Å². The van der Waals surface area contributed by atoms with Crippen molar-refractivity contribution in [1.82, 2.24) is 14.8 Å². The summed E-state index contributed by atoms with van der Waals surface area (Å²) in [7, 11) is 0. The summed E-state index contributed by atoms with van der Waals surface area (Å²) in [6.45, 7) is 4.78. The van der Waals surface area contributed by atoms with Crippen molar-refractivity contribution in [2.75, 3.05) is 11.9 Å². The Hall–Kier alpha value is -2.82. The van der Waals surface area contributed by atoms with Crippen LogP contribution >= 0.6 is 0 Å². The molecule has 0 saturated heterocycles. The van der Waals surface area contributed by atoms with Gasteiger partial charge in [-0.1, -0.05) is 42.0 Å². The molecule has 25 heavy (non-hydrogen) atoms. The van der Waals surface area contributed by atoms with Gasteiger partial charge in [0, 0.05) is 0 Å². The molecule has 5 heteroatoms. The van der Waals surface area contributed by atoms with Gasteiger partial charge in [-0.05, 0) is 43.5 Å². The summed E-state index contributed by atoms with van der Waals surface area (Å²) >= 11 is 0. The summed E-state index contributed by atoms with van der Waals surface area (Å²) in [5, 5.41) is 7.93. The molecule has 5 nitrogen and oxygen atoms in total. The van der Waals surface area contributed by atoms with E-state index in [4.69, 9.17) is 4.74 Å². The molecule has 0 spiro atoms. The zero-order valence-electron chi connectivity index (χ0n) is 14.5. The molecule has 1 N–H and O–H groups in total. The molecule has 0 bridgehead atoms. The van der Waals surface area contributed by atoms with Gasteiger partial charge < -0.3 is 10.1 Å². The van der Waals surface area contributed by atoms with Gasteiger partial charge in [-0.2, -0.15) is 10.1 Å². The van der Waals surface area contributed by atoms with Crippen LogP contribution in [0.3, 0.4) is 0 Å². The van der Waals surface area contributed by atoms with E-state index in [1.165, 1.54) is 16.7 Å². The van der Waals surface area contributed by atoms with Gasteiger partial charge in [0.05, 0.1) is 18.7 Å². The number of aromatic nitrogens is 3. The topological polar surface area (TPSA) is 52.0 Å². The fourth-order valence-corrected chi connectivity index (χ4v) is 3.37. The van der Waals surface area contributed by atoms with E-state index in [-0.39, 0.29) is 12.1 Å². The molecule has 4 rings (SSSR count). The van der Waals surface area contributed by atoms with Gasteiger partial charge >= 0.3 is 0 Å². The van der Waals surface area contributed by atoms with E-state index in [9.17, 15) is 0 Å². The molecule has 0 fully saturated rings. The van der Waals surface area contributed by atoms with Gasteiger partial charge in [0.2, 0.25) is 5.95 Å². The molecule has 3 aromatic rings. The van der Waals surface area contributed by atoms with E-state index in [2.05, 4.69) is 58.7 Å². The Kier molecular flexibility index (Phi) is 4.14. The highest BCUT2D eigenvalue weighted by Gasteiger charge is 2.29. The maximum absolute atomic E-state index is 5.55. The van der Waals surface area contributed by atoms with Crippen LogP contribution in [0.2, 0.25) is 0 Å². The smallest absolute Gasteiger partial charge is 0.222 e. The van der Waals surface area contributed by atoms with E-state index < -0.39 is 0 Å². The van der Waals surface area contributed by atoms with Crippen molar-refractivity contribution in [2.24, 2.45) is 0 Å². The standard InChI is InChI=1S/C20H22N4O/c1-3-25-17-10-8-15(9-11-17)18-12-19(16-6-4-14(2)5-7-16)24-20(23-18)21-13-22-24/h4-11,13,18-19H,3,12H2,1-2H3,(H,21,22,23)/t18-,19-/m0/s1. The van der Waals surface area contributed by atoms with E-state index in [0.29, 0.717) is 6.61 Å². The first-order chi connectivity index (χ1) is 12.2. The van der Waals surface area contributed by atoms with E-state index >= 15 is 0 Å². The minimum Gasteiger partial charge on any atom is -0.494 e. The average molecular weight is 334 g/mol. The summed E-state index contributed by atoms with van der Waals surface area (Å²) in [6, 6.07) is 17.4. The number of ether oxygens (including phenoxy) is 1. The summed E-state index contributed by atoms with van der Waals surface area (Å²) in [4.78, 5) is 4.39. The Morgan fingerprint density at radius 3 is 2.52 bits per heavy atom. The quantitative estimate of drug-likeness (QED) is 0.779. The number of nitrogens with zero attached hydrogens (tertiary/aromatic N) is 3. The average Bonchev–Trinajstić information content (AvgIpc) is 3.11. The first-order valence-electron chi connectivity index (χ1n) is 8.70. The predicted molar refractivity (Wildman–Crippen MR) is 97.9 cm³/mol. The maximum atomic E-state index is 5.55. The number of aryl methyl sites for hydroxylation is 1. The zero-order chi connectivity index (χ0) is 17.2. The molecule has 2 aromatic carbocycles. The van der Waals surface area contributed by atoms with Crippen molar-refractivity contribution in [1.29, 1.82) is 0 Å². The van der Waals surface area contributed by atoms with Crippen molar-refractivity contribution < 1.29 is 4.74 Å². The van der Waals surface area contributed by atoms with Crippen molar-refractivity contribution in [3.63, 3.8) is 0 Å². The number of hydrogen-bond acceptors (Lipinski definition) is 4. The first kappa shape index (κ1) is 15.7. The van der Waals surface area contributed by atoms with Crippen LogP contribution in [-0.2, 0) is 0 Å². The molecule has 1 aromatic heterocycles. The number of nitrogens with one attached hydrogen (secondary N) is 1. The molecule has 0 amide bonds. The molecule has 0 aliphatic carbocycles. The highest BCUT2D eigenvalue weighted by atomic mass is 16.5. The first-order valence-corrected chi connectivity index (χ1v) is 8.70. The van der Waals surface area contributed by atoms with Gasteiger partial charge in [-0.3, -0.25) is 0 Å². The monoisotopic (exact) mass is 334 g/mol. The second-order valence-electron chi connectivity index (χ2n) is 6.39. The molecule has 0 unspecified atom stereocenters. The predicted octanol–water partition coefficient (Wildman–Crippen LogP) is 4.13. The number of fused-ring (bicyclic) bond motifs is 1. The second-order valence-corrected chi connectivity index (χ2v) is 6.39. The third-order valence-corrected chi connectivity index (χ3v) is 4.69. The van der Waals surface area contributed by atoms with Crippen LogP contribution in [0.15, 0.2) is 54.9 Å². The van der Waals surface area contributed by atoms with Crippen LogP contribution in [0.5, 0.6) is 5.75 Å². The molecule has 128 valence electrons. The zero-order valence-corrected chi connectivity index (χ0v) is 14.5. The lowest BCUT2D eigenvalue weighted by Gasteiger charge is -2.32. The Morgan fingerprint density at radius 2 is 1.80 bits per heavy atom. The van der Waals surface area contributed by atoms with E-state index in [1.54, 1.807) is 6.33 Å². The number of anilines is 1. The summed E-state index contributed by atoms with van der Waals surface area (Å²) < 4.78 is 7.53. The van der Waals surface area contributed by atoms with Crippen molar-refractivity contribution in [2.45, 2.75) is 32.4 Å². The summed E-state index contributed by atoms with van der Waals surface area (Å²) in [5.41, 5.74) is 3.75. The van der Waals surface area contributed by atoms with Crippen LogP contribution < -0.4 is 10.1 Å². The van der Waals surface area contributed by atoms with Gasteiger partial charge in [0.25, 0.3) is 0 Å². The Bertz CT molecular complexity index is 839. The molecular weight excluding hydrogens is 312 g/mol. The van der Waals surface area contributed by atoms with Gasteiger partial charge in [0.1, 0.15) is 12.1 Å². The number of rotatable bonds is 4. The fraction of sp³-hybridized carbons (Fsp3) is 0.300. The fourth-order valence-electron chi connectivity index (χ4n) is 3.37. The second kappa shape index (κ2) is 6.59. The van der Waals surface area contributed by atoms with E-state index in [0.717, 1.165) is 18.1 Å². The molecule has 0 saturated carbocycles. The van der Waals surface area contributed by atoms with Crippen molar-refractivity contribution in [3.05, 3.63) is 71.5 Å². The molecule has 1 aliphatic heterocycles. The maximum Gasteiger partial charge on any atom is 0.222 e. The van der Waals surface area contributed by atoms with Crippen LogP contribution in [0.25, 0.3) is 0 Å². The number of benzene rings is 2. The largest absolute Gasteiger partial charge is 0.494 e. The van der Waals surface area contributed by atoms with Crippen LogP contribution in [-0.4, -0.2) is 21.4 Å². The van der Waals surface area contributed by atoms with Crippen molar-refractivity contribution in [3.8, 4) is 5.75 Å². The summed E-state index contributed by atoms with van der Waals surface area (Å²) in [5.74, 6) is 1.72. The minimum atomic E-state index is 0.177. The van der Waals surface area contributed by atoms with E-state index in [1.807, 2.05) is 23.7 Å². The molecule has 2 atom stereocenters. The molecular formula is C20H22N4O. The van der Waals surface area contributed by atoms with Crippen LogP contribution in [0.4, 0.5) is 5.95 Å². The lowest BCUT2D eigenvalue weighted by Crippen LogP contribution is -2.28. The molecule has 1 aliphatic rings. The highest BCUT2D eigenvalue weighted by molar-refractivity contribution is 5.40. The van der Waals surface area contributed by atoms with Gasteiger partial charge in [-0.25, -0.2) is 4.68 Å². The van der Waals surface area contributed by atoms with Crippen LogP contribution in [0.1, 0.15) is 42.1 Å². The molecule has 0 radical (unpaired) electrons. The van der Waals surface area contributed by atoms with Crippen molar-refractivity contribution >= 4 is 5.95 Å². The third kappa shape index (κ3) is 3.09. The lowest BCUT2D eigenvalue weighted by atomic mass is 9.93. The Morgan fingerprint density at radius 1 is 1.08 bits per heavy atom. The number of hydrogen-bond donors (Lipinski definition) is 1. The van der Waals surface area contributed by atoms with Gasteiger partial charge in [-0.15, -0.1) is 0 Å². The lowest BCUT2D eigenvalue weighted by molar-refractivity contribution is 0.340. The Balaban J connectivity index is 1.64. The molecule has 2 heterocycles. The minimum absolute atomic E-state index is 0.177. The third-order valence-electron chi connectivity index (χ3n) is 4.69.